The summed E-state index contributed by atoms with van der Waals surface area (Å²) < 4.78 is 18.7. The fraction of sp³-hybridized carbons (Fsp3) is 0.417. The standard InChI is InChI=1S/C12H13BrClFN2O2/c13-9-3-7(15)4-10(14)12(9)17-11(18)5-8-6-19-2-1-16-8/h3-4,8,16H,1-2,5-6H2,(H,17,18). The van der Waals surface area contributed by atoms with Crippen LogP contribution in [0.25, 0.3) is 0 Å². The van der Waals surface area contributed by atoms with Crippen LogP contribution in [0.3, 0.4) is 0 Å². The molecule has 2 N–H and O–H groups in total. The Bertz CT molecular complexity index is 458. The molecule has 2 rings (SSSR count). The second kappa shape index (κ2) is 6.65. The normalized spacial score (nSPS) is 19.2. The second-order valence-electron chi connectivity index (χ2n) is 4.22. The molecule has 0 aliphatic carbocycles. The number of amides is 1. The third-order valence-electron chi connectivity index (χ3n) is 2.70. The number of carbonyl (C=O) groups is 1. The summed E-state index contributed by atoms with van der Waals surface area (Å²) in [5, 5.41) is 6.02. The van der Waals surface area contributed by atoms with E-state index in [4.69, 9.17) is 16.3 Å². The van der Waals surface area contributed by atoms with Crippen LogP contribution in [0.4, 0.5) is 10.1 Å². The zero-order valence-corrected chi connectivity index (χ0v) is 12.4. The average Bonchev–Trinajstić information content (AvgIpc) is 2.35. The quantitative estimate of drug-likeness (QED) is 0.880. The van der Waals surface area contributed by atoms with Gasteiger partial charge in [-0.3, -0.25) is 4.79 Å². The molecule has 0 saturated carbocycles. The van der Waals surface area contributed by atoms with Crippen molar-refractivity contribution in [1.82, 2.24) is 5.32 Å². The largest absolute Gasteiger partial charge is 0.378 e. The van der Waals surface area contributed by atoms with Gasteiger partial charge in [-0.25, -0.2) is 4.39 Å². The zero-order chi connectivity index (χ0) is 13.8. The van der Waals surface area contributed by atoms with E-state index >= 15 is 0 Å². The van der Waals surface area contributed by atoms with Crippen LogP contribution >= 0.6 is 27.5 Å². The molecular weight excluding hydrogens is 338 g/mol. The van der Waals surface area contributed by atoms with Crippen LogP contribution in [0.1, 0.15) is 6.42 Å². The smallest absolute Gasteiger partial charge is 0.226 e. The predicted octanol–water partition coefficient (Wildman–Crippen LogP) is 2.56. The first-order chi connectivity index (χ1) is 9.06. The molecule has 1 heterocycles. The van der Waals surface area contributed by atoms with Gasteiger partial charge in [0, 0.05) is 23.5 Å². The monoisotopic (exact) mass is 350 g/mol. The summed E-state index contributed by atoms with van der Waals surface area (Å²) in [4.78, 5) is 11.9. The molecule has 0 spiro atoms. The number of anilines is 1. The summed E-state index contributed by atoms with van der Waals surface area (Å²) in [6.07, 6.45) is 0.278. The highest BCUT2D eigenvalue weighted by Gasteiger charge is 2.18. The Kier molecular flexibility index (Phi) is 5.15. The van der Waals surface area contributed by atoms with Crippen LogP contribution in [-0.2, 0) is 9.53 Å². The van der Waals surface area contributed by atoms with Gasteiger partial charge in [-0.2, -0.15) is 0 Å². The van der Waals surface area contributed by atoms with E-state index in [0.717, 1.165) is 12.6 Å². The van der Waals surface area contributed by atoms with Gasteiger partial charge in [-0.1, -0.05) is 11.6 Å². The molecule has 7 heteroatoms. The summed E-state index contributed by atoms with van der Waals surface area (Å²) in [6, 6.07) is 2.40. The van der Waals surface area contributed by atoms with E-state index in [1.165, 1.54) is 6.07 Å². The lowest BCUT2D eigenvalue weighted by Crippen LogP contribution is -2.43. The van der Waals surface area contributed by atoms with Crippen molar-refractivity contribution in [3.63, 3.8) is 0 Å². The molecule has 1 saturated heterocycles. The Hall–Kier alpha value is -0.690. The maximum atomic E-state index is 13.1. The molecule has 19 heavy (non-hydrogen) atoms. The number of hydrogen-bond donors (Lipinski definition) is 2. The summed E-state index contributed by atoms with van der Waals surface area (Å²) in [5.74, 6) is -0.658. The maximum Gasteiger partial charge on any atom is 0.226 e. The van der Waals surface area contributed by atoms with Gasteiger partial charge in [0.15, 0.2) is 0 Å². The van der Waals surface area contributed by atoms with E-state index in [1.807, 2.05) is 0 Å². The van der Waals surface area contributed by atoms with Crippen molar-refractivity contribution in [1.29, 1.82) is 0 Å². The van der Waals surface area contributed by atoms with Crippen molar-refractivity contribution in [3.8, 4) is 0 Å². The van der Waals surface area contributed by atoms with Gasteiger partial charge >= 0.3 is 0 Å². The Morgan fingerprint density at radius 2 is 2.42 bits per heavy atom. The Labute approximate surface area is 123 Å². The fourth-order valence-corrected chi connectivity index (χ4v) is 2.73. The molecule has 1 aromatic carbocycles. The van der Waals surface area contributed by atoms with E-state index in [9.17, 15) is 9.18 Å². The van der Waals surface area contributed by atoms with Crippen LogP contribution in [-0.4, -0.2) is 31.7 Å². The summed E-state index contributed by atoms with van der Waals surface area (Å²) in [6.45, 7) is 1.90. The van der Waals surface area contributed by atoms with Crippen molar-refractivity contribution in [2.75, 3.05) is 25.1 Å². The third kappa shape index (κ3) is 4.14. The van der Waals surface area contributed by atoms with Gasteiger partial charge in [-0.05, 0) is 28.1 Å². The molecule has 1 fully saturated rings. The topological polar surface area (TPSA) is 50.4 Å². The highest BCUT2D eigenvalue weighted by molar-refractivity contribution is 9.10. The number of hydrogen-bond acceptors (Lipinski definition) is 3. The SMILES string of the molecule is O=C(CC1COCCN1)Nc1c(Cl)cc(F)cc1Br. The Morgan fingerprint density at radius 1 is 1.63 bits per heavy atom. The van der Waals surface area contributed by atoms with E-state index in [1.54, 1.807) is 0 Å². The third-order valence-corrected chi connectivity index (χ3v) is 3.63. The molecule has 1 aliphatic heterocycles. The van der Waals surface area contributed by atoms with Crippen molar-refractivity contribution >= 4 is 39.1 Å². The minimum Gasteiger partial charge on any atom is -0.378 e. The van der Waals surface area contributed by atoms with Gasteiger partial charge in [0.2, 0.25) is 5.91 Å². The first-order valence-corrected chi connectivity index (χ1v) is 6.99. The van der Waals surface area contributed by atoms with Crippen LogP contribution in [0.2, 0.25) is 5.02 Å². The fourth-order valence-electron chi connectivity index (χ4n) is 1.83. The van der Waals surface area contributed by atoms with Crippen LogP contribution in [0.15, 0.2) is 16.6 Å². The van der Waals surface area contributed by atoms with Crippen molar-refractivity contribution in [2.45, 2.75) is 12.5 Å². The van der Waals surface area contributed by atoms with Gasteiger partial charge in [-0.15, -0.1) is 0 Å². The second-order valence-corrected chi connectivity index (χ2v) is 5.48. The van der Waals surface area contributed by atoms with Gasteiger partial charge < -0.3 is 15.4 Å². The van der Waals surface area contributed by atoms with Crippen molar-refractivity contribution < 1.29 is 13.9 Å². The zero-order valence-electron chi connectivity index (χ0n) is 10.0. The van der Waals surface area contributed by atoms with Gasteiger partial charge in [0.25, 0.3) is 0 Å². The van der Waals surface area contributed by atoms with Gasteiger partial charge in [0.1, 0.15) is 5.82 Å². The molecule has 1 unspecified atom stereocenters. The number of morpholine rings is 1. The van der Waals surface area contributed by atoms with Crippen molar-refractivity contribution in [3.05, 3.63) is 27.4 Å². The lowest BCUT2D eigenvalue weighted by atomic mass is 10.2. The molecule has 0 bridgehead atoms. The predicted molar refractivity (Wildman–Crippen MR) is 75.0 cm³/mol. The number of carbonyl (C=O) groups excluding carboxylic acids is 1. The molecule has 104 valence electrons. The van der Waals surface area contributed by atoms with Crippen LogP contribution in [0.5, 0.6) is 0 Å². The summed E-state index contributed by atoms with van der Waals surface area (Å²) in [7, 11) is 0. The Balaban J connectivity index is 1.98. The lowest BCUT2D eigenvalue weighted by molar-refractivity contribution is -0.117. The molecule has 1 amide bonds. The number of halogens is 3. The number of rotatable bonds is 3. The number of ether oxygens (including phenoxy) is 1. The first-order valence-electron chi connectivity index (χ1n) is 5.82. The van der Waals surface area contributed by atoms with E-state index in [2.05, 4.69) is 26.6 Å². The number of benzene rings is 1. The van der Waals surface area contributed by atoms with Crippen LogP contribution < -0.4 is 10.6 Å². The van der Waals surface area contributed by atoms with Crippen molar-refractivity contribution in [2.24, 2.45) is 0 Å². The number of nitrogens with one attached hydrogen (secondary N) is 2. The molecule has 4 nitrogen and oxygen atoms in total. The molecule has 1 atom stereocenters. The molecule has 0 radical (unpaired) electrons. The lowest BCUT2D eigenvalue weighted by Gasteiger charge is -2.23. The molecule has 0 aromatic heterocycles. The summed E-state index contributed by atoms with van der Waals surface area (Å²) in [5.41, 5.74) is 0.379. The molecule has 1 aromatic rings. The maximum absolute atomic E-state index is 13.1. The van der Waals surface area contributed by atoms with E-state index in [-0.39, 0.29) is 23.4 Å². The van der Waals surface area contributed by atoms with E-state index < -0.39 is 5.82 Å². The Morgan fingerprint density at radius 3 is 3.05 bits per heavy atom. The average molecular weight is 352 g/mol. The highest BCUT2D eigenvalue weighted by Crippen LogP contribution is 2.31. The molecule has 1 aliphatic rings. The highest BCUT2D eigenvalue weighted by atomic mass is 79.9. The minimum absolute atomic E-state index is 0.00764. The first kappa shape index (κ1) is 14.7. The van der Waals surface area contributed by atoms with Crippen LogP contribution in [0, 0.1) is 5.82 Å². The molecular formula is C12H13BrClFN2O2. The minimum atomic E-state index is -0.461. The summed E-state index contributed by atoms with van der Waals surface area (Å²) >= 11 is 9.07. The van der Waals surface area contributed by atoms with E-state index in [0.29, 0.717) is 23.4 Å². The van der Waals surface area contributed by atoms with Gasteiger partial charge in [0.05, 0.1) is 23.9 Å².